The minimum absolute atomic E-state index is 0. The Labute approximate surface area is 363 Å². The van der Waals surface area contributed by atoms with Crippen LogP contribution in [0.5, 0.6) is 0 Å². The van der Waals surface area contributed by atoms with Crippen LogP contribution < -0.4 is 9.80 Å². The molecule has 0 amide bonds. The number of aromatic nitrogens is 9. The molecule has 0 aliphatic carbocycles. The molecule has 6 aromatic heterocycles. The molecular weight excluding hydrogens is 821 g/mol. The summed E-state index contributed by atoms with van der Waals surface area (Å²) in [6.45, 7) is 8.36. The summed E-state index contributed by atoms with van der Waals surface area (Å²) in [5.41, 5.74) is 6.19. The van der Waals surface area contributed by atoms with Crippen molar-refractivity contribution in [3.63, 3.8) is 0 Å². The van der Waals surface area contributed by atoms with E-state index in [-0.39, 0.29) is 20.1 Å². The first-order chi connectivity index (χ1) is 28.1. The first-order valence-corrected chi connectivity index (χ1v) is 20.1. The average Bonchev–Trinajstić information content (AvgIpc) is 3.94. The molecule has 9 aromatic rings. The van der Waals surface area contributed by atoms with Gasteiger partial charge in [-0.1, -0.05) is 26.5 Å². The van der Waals surface area contributed by atoms with Gasteiger partial charge < -0.3 is 33.0 Å². The molecule has 2 fully saturated rings. The minimum atomic E-state index is 0. The van der Waals surface area contributed by atoms with Gasteiger partial charge in [-0.3, -0.25) is 0 Å². The number of nitrogens with zero attached hydrogens (tertiary/aromatic N) is 11. The van der Waals surface area contributed by atoms with E-state index in [0.29, 0.717) is 10.4 Å². The number of rotatable bonds is 2. The zero-order valence-electron chi connectivity index (χ0n) is 32.5. The van der Waals surface area contributed by atoms with Crippen LogP contribution in [-0.4, -0.2) is 96.2 Å². The maximum Gasteiger partial charge on any atom is 0.224 e. The van der Waals surface area contributed by atoms with Gasteiger partial charge in [0, 0.05) is 115 Å². The Morgan fingerprint density at radius 1 is 0.450 bits per heavy atom. The van der Waals surface area contributed by atoms with E-state index in [1.807, 2.05) is 56.2 Å². The molecule has 0 radical (unpaired) electrons. The fourth-order valence-electron chi connectivity index (χ4n) is 7.85. The molecule has 2 aliphatic heterocycles. The van der Waals surface area contributed by atoms with Crippen LogP contribution in [0.4, 0.5) is 11.6 Å². The fraction of sp³-hybridized carbons (Fsp3) is 0.318. The summed E-state index contributed by atoms with van der Waals surface area (Å²) >= 11 is 18.0. The smallest absolute Gasteiger partial charge is 0.224 e. The van der Waals surface area contributed by atoms with Crippen molar-refractivity contribution in [2.45, 2.75) is 21.8 Å². The summed E-state index contributed by atoms with van der Waals surface area (Å²) in [6, 6.07) is 18.6. The van der Waals surface area contributed by atoms with Crippen molar-refractivity contribution in [3.8, 4) is 0 Å². The summed E-state index contributed by atoms with van der Waals surface area (Å²) in [4.78, 5) is 31.0. The van der Waals surface area contributed by atoms with Crippen molar-refractivity contribution >= 4 is 112 Å². The van der Waals surface area contributed by atoms with Crippen LogP contribution >= 0.6 is 34.8 Å². The van der Waals surface area contributed by atoms with Crippen LogP contribution in [0.25, 0.3) is 65.4 Å². The molecule has 0 unspecified atom stereocenters. The largest absolute Gasteiger partial charge is 0.378 e. The van der Waals surface area contributed by atoms with Crippen LogP contribution in [0.1, 0.15) is 20.7 Å². The van der Waals surface area contributed by atoms with E-state index in [9.17, 15) is 0 Å². The number of benzene rings is 3. The zero-order chi connectivity index (χ0) is 40.1. The van der Waals surface area contributed by atoms with Gasteiger partial charge in [0.05, 0.1) is 43.0 Å². The standard InChI is InChI=1S/C16H18N4O.C15H15ClN4O.C11H7Cl2N3.2CH4/c1-11-17-15-12-5-6-19(2)14(12)4-3-13(15)16(18-11)20-7-9-21-10-8-20;1-19-5-4-10-12(19)3-2-11-13(10)17-15(16)18-14(11)20-6-8-21-9-7-20;1-16-5-4-6-8(16)3-2-7-9(6)14-11(13)15-10(7)12;;/h3-6H,7-10H2,1-2H3;2-5H,6-9H2,1H3;2-5H,1H3;2*1H4. The first kappa shape index (κ1) is 42.8. The lowest BCUT2D eigenvalue weighted by molar-refractivity contribution is 0.122. The first-order valence-electron chi connectivity index (χ1n) is 19.0. The SMILES string of the molecule is C.C.Cc1nc(N2CCOCC2)c2ccc3c(ccn3C)c2n1.Cn1ccc2c3nc(Cl)nc(Cl)c3ccc21.Cn1ccc2c3nc(Cl)nc(N4CCOCC4)c3ccc21. The van der Waals surface area contributed by atoms with Crippen LogP contribution in [0.3, 0.4) is 0 Å². The third-order valence-corrected chi connectivity index (χ3v) is 11.4. The Kier molecular flexibility index (Phi) is 12.6. The topological polar surface area (TPSA) is 117 Å². The van der Waals surface area contributed by atoms with Gasteiger partial charge in [-0.15, -0.1) is 0 Å². The summed E-state index contributed by atoms with van der Waals surface area (Å²) in [7, 11) is 6.07. The number of hydrogen-bond acceptors (Lipinski definition) is 10. The molecule has 11 rings (SSSR count). The molecule has 0 N–H and O–H groups in total. The highest BCUT2D eigenvalue weighted by Crippen LogP contribution is 2.33. The lowest BCUT2D eigenvalue weighted by Gasteiger charge is -2.28. The molecule has 0 bridgehead atoms. The molecular formula is C44H48Cl3N11O2. The van der Waals surface area contributed by atoms with E-state index < -0.39 is 0 Å². The maximum atomic E-state index is 6.16. The second-order valence-electron chi connectivity index (χ2n) is 14.4. The van der Waals surface area contributed by atoms with Gasteiger partial charge in [0.1, 0.15) is 22.6 Å². The summed E-state index contributed by atoms with van der Waals surface area (Å²) in [6.07, 6.45) is 6.10. The lowest BCUT2D eigenvalue weighted by atomic mass is 10.1. The van der Waals surface area contributed by atoms with Gasteiger partial charge in [-0.2, -0.15) is 4.98 Å². The normalized spacial score (nSPS) is 14.2. The average molecular weight is 869 g/mol. The number of hydrogen-bond donors (Lipinski definition) is 0. The molecule has 60 heavy (non-hydrogen) atoms. The van der Waals surface area contributed by atoms with Crippen molar-refractivity contribution in [3.05, 3.63) is 94.7 Å². The number of halogens is 3. The molecule has 2 aliphatic rings. The fourth-order valence-corrected chi connectivity index (χ4v) is 8.46. The minimum Gasteiger partial charge on any atom is -0.378 e. The molecule has 16 heteroatoms. The van der Waals surface area contributed by atoms with E-state index >= 15 is 0 Å². The van der Waals surface area contributed by atoms with Crippen LogP contribution in [0.15, 0.2) is 73.2 Å². The van der Waals surface area contributed by atoms with Crippen LogP contribution in [0.2, 0.25) is 15.7 Å². The Hall–Kier alpha value is -5.31. The second kappa shape index (κ2) is 17.7. The van der Waals surface area contributed by atoms with E-state index in [0.717, 1.165) is 125 Å². The van der Waals surface area contributed by atoms with Gasteiger partial charge in [-0.25, -0.2) is 24.9 Å². The highest BCUT2D eigenvalue weighted by Gasteiger charge is 2.20. The number of aryl methyl sites for hydroxylation is 4. The van der Waals surface area contributed by atoms with Crippen molar-refractivity contribution in [1.82, 2.24) is 43.6 Å². The van der Waals surface area contributed by atoms with Crippen molar-refractivity contribution < 1.29 is 9.47 Å². The molecule has 8 heterocycles. The summed E-state index contributed by atoms with van der Waals surface area (Å²) in [5.74, 6) is 2.76. The third kappa shape index (κ3) is 8.00. The second-order valence-corrected chi connectivity index (χ2v) is 15.4. The maximum absolute atomic E-state index is 6.16. The number of anilines is 2. The Bertz CT molecular complexity index is 2850. The Balaban J connectivity index is 0.000000135. The Morgan fingerprint density at radius 2 is 0.833 bits per heavy atom. The van der Waals surface area contributed by atoms with Crippen molar-refractivity contribution in [1.29, 1.82) is 0 Å². The highest BCUT2D eigenvalue weighted by atomic mass is 35.5. The molecule has 0 saturated carbocycles. The van der Waals surface area contributed by atoms with E-state index in [1.54, 1.807) is 0 Å². The molecule has 0 atom stereocenters. The summed E-state index contributed by atoms with van der Waals surface area (Å²) < 4.78 is 17.1. The molecule has 2 saturated heterocycles. The molecule has 3 aromatic carbocycles. The zero-order valence-corrected chi connectivity index (χ0v) is 34.7. The van der Waals surface area contributed by atoms with E-state index in [1.165, 1.54) is 10.9 Å². The molecule has 312 valence electrons. The van der Waals surface area contributed by atoms with E-state index in [4.69, 9.17) is 54.2 Å². The van der Waals surface area contributed by atoms with Gasteiger partial charge in [-0.05, 0) is 84.7 Å². The van der Waals surface area contributed by atoms with Crippen LogP contribution in [-0.2, 0) is 30.6 Å². The van der Waals surface area contributed by atoms with Gasteiger partial charge in [0.15, 0.2) is 0 Å². The highest BCUT2D eigenvalue weighted by molar-refractivity contribution is 6.36. The number of fused-ring (bicyclic) bond motifs is 9. The monoisotopic (exact) mass is 867 g/mol. The van der Waals surface area contributed by atoms with Crippen LogP contribution in [0, 0.1) is 6.92 Å². The van der Waals surface area contributed by atoms with E-state index in [2.05, 4.69) is 88.5 Å². The summed E-state index contributed by atoms with van der Waals surface area (Å²) in [5, 5.41) is 7.18. The lowest BCUT2D eigenvalue weighted by Crippen LogP contribution is -2.37. The molecule has 13 nitrogen and oxygen atoms in total. The van der Waals surface area contributed by atoms with Gasteiger partial charge in [0.2, 0.25) is 10.6 Å². The number of ether oxygens (including phenoxy) is 2. The third-order valence-electron chi connectivity index (χ3n) is 10.8. The molecule has 0 spiro atoms. The van der Waals surface area contributed by atoms with Crippen molar-refractivity contribution in [2.75, 3.05) is 62.4 Å². The van der Waals surface area contributed by atoms with Gasteiger partial charge in [0.25, 0.3) is 0 Å². The quantitative estimate of drug-likeness (QED) is 0.123. The van der Waals surface area contributed by atoms with Gasteiger partial charge >= 0.3 is 0 Å². The number of morpholine rings is 2. The predicted octanol–water partition coefficient (Wildman–Crippen LogP) is 9.58. The Morgan fingerprint density at radius 3 is 1.30 bits per heavy atom. The van der Waals surface area contributed by atoms with Crippen molar-refractivity contribution in [2.24, 2.45) is 21.1 Å². The predicted molar refractivity (Wildman–Crippen MR) is 247 cm³/mol.